The summed E-state index contributed by atoms with van der Waals surface area (Å²) in [6.07, 6.45) is 1.34. The highest BCUT2D eigenvalue weighted by molar-refractivity contribution is 7.92. The zero-order valence-corrected chi connectivity index (χ0v) is 15.0. The molecule has 1 heterocycles. The molecule has 1 aromatic carbocycles. The van der Waals surface area contributed by atoms with Crippen LogP contribution >= 0.6 is 0 Å². The van der Waals surface area contributed by atoms with Crippen molar-refractivity contribution >= 4 is 27.6 Å². The quantitative estimate of drug-likeness (QED) is 0.664. The highest BCUT2D eigenvalue weighted by Crippen LogP contribution is 2.20. The van der Waals surface area contributed by atoms with Crippen molar-refractivity contribution in [3.8, 4) is 5.75 Å². The summed E-state index contributed by atoms with van der Waals surface area (Å²) < 4.78 is 41.5. The molecule has 0 aliphatic heterocycles. The summed E-state index contributed by atoms with van der Waals surface area (Å²) in [4.78, 5) is 25.2. The molecule has 0 bridgehead atoms. The van der Waals surface area contributed by atoms with Crippen molar-refractivity contribution < 1.29 is 32.2 Å². The molecule has 26 heavy (non-hydrogen) atoms. The maximum absolute atomic E-state index is 12.4. The number of sulfonamides is 1. The average Bonchev–Trinajstić information content (AvgIpc) is 3.08. The molecule has 0 unspecified atom stereocenters. The van der Waals surface area contributed by atoms with Gasteiger partial charge >= 0.3 is 11.9 Å². The van der Waals surface area contributed by atoms with Crippen LogP contribution in [0.25, 0.3) is 0 Å². The number of anilines is 1. The lowest BCUT2D eigenvalue weighted by Gasteiger charge is -2.08. The third-order valence-corrected chi connectivity index (χ3v) is 4.55. The first kappa shape index (κ1) is 19.3. The smallest absolute Gasteiger partial charge is 0.354 e. The number of benzene rings is 1. The standard InChI is InChI=1S/C16H18N2O7S/c1-3-24-16(20)14-8-11(9-17-14)18-26(21,22)13-6-4-12(5-7-13)25-10-15(19)23-2/h4-9,17-18H,3,10H2,1-2H3. The topological polar surface area (TPSA) is 124 Å². The molecule has 140 valence electrons. The van der Waals surface area contributed by atoms with Crippen molar-refractivity contribution in [2.24, 2.45) is 0 Å². The molecular weight excluding hydrogens is 364 g/mol. The van der Waals surface area contributed by atoms with Crippen molar-refractivity contribution in [1.29, 1.82) is 0 Å². The zero-order valence-electron chi connectivity index (χ0n) is 14.1. The fourth-order valence-corrected chi connectivity index (χ4v) is 2.95. The van der Waals surface area contributed by atoms with Gasteiger partial charge in [0.15, 0.2) is 6.61 Å². The Balaban J connectivity index is 2.05. The fraction of sp³-hybridized carbons (Fsp3) is 0.250. The number of aromatic amines is 1. The predicted octanol–water partition coefficient (Wildman–Crippen LogP) is 1.54. The number of hydrogen-bond donors (Lipinski definition) is 2. The summed E-state index contributed by atoms with van der Waals surface area (Å²) >= 11 is 0. The Bertz CT molecular complexity index is 872. The molecular formula is C16H18N2O7S. The number of carbonyl (C=O) groups is 2. The summed E-state index contributed by atoms with van der Waals surface area (Å²) in [6, 6.07) is 6.82. The van der Waals surface area contributed by atoms with Crippen LogP contribution in [0.3, 0.4) is 0 Å². The number of carbonyl (C=O) groups excluding carboxylic acids is 2. The lowest BCUT2D eigenvalue weighted by Crippen LogP contribution is -2.14. The van der Waals surface area contributed by atoms with Gasteiger partial charge in [0.05, 0.1) is 24.3 Å². The van der Waals surface area contributed by atoms with Crippen molar-refractivity contribution in [2.45, 2.75) is 11.8 Å². The van der Waals surface area contributed by atoms with Crippen LogP contribution in [0.15, 0.2) is 41.4 Å². The highest BCUT2D eigenvalue weighted by Gasteiger charge is 2.17. The van der Waals surface area contributed by atoms with Gasteiger partial charge in [0.2, 0.25) is 0 Å². The Kier molecular flexibility index (Phi) is 6.23. The van der Waals surface area contributed by atoms with Crippen LogP contribution in [0.1, 0.15) is 17.4 Å². The molecule has 9 nitrogen and oxygen atoms in total. The summed E-state index contributed by atoms with van der Waals surface area (Å²) in [7, 11) is -2.62. The maximum atomic E-state index is 12.4. The monoisotopic (exact) mass is 382 g/mol. The van der Waals surface area contributed by atoms with Crippen LogP contribution in [0.5, 0.6) is 5.75 Å². The van der Waals surface area contributed by atoms with E-state index < -0.39 is 22.0 Å². The van der Waals surface area contributed by atoms with Crippen molar-refractivity contribution in [1.82, 2.24) is 4.98 Å². The van der Waals surface area contributed by atoms with Gasteiger partial charge in [-0.1, -0.05) is 0 Å². The molecule has 0 fully saturated rings. The molecule has 2 rings (SSSR count). The third kappa shape index (κ3) is 4.99. The molecule has 0 aliphatic rings. The van der Waals surface area contributed by atoms with Crippen molar-refractivity contribution in [2.75, 3.05) is 25.0 Å². The van der Waals surface area contributed by atoms with Gasteiger partial charge < -0.3 is 19.2 Å². The first-order valence-electron chi connectivity index (χ1n) is 7.53. The predicted molar refractivity (Wildman–Crippen MR) is 91.5 cm³/mol. The minimum absolute atomic E-state index is 0.0122. The van der Waals surface area contributed by atoms with Crippen LogP contribution in [0.4, 0.5) is 5.69 Å². The van der Waals surface area contributed by atoms with Gasteiger partial charge in [-0.3, -0.25) is 4.72 Å². The molecule has 0 radical (unpaired) electrons. The first-order chi connectivity index (χ1) is 12.4. The second kappa shape index (κ2) is 8.39. The Morgan fingerprint density at radius 1 is 1.19 bits per heavy atom. The molecule has 2 N–H and O–H groups in total. The van der Waals surface area contributed by atoms with E-state index in [2.05, 4.69) is 14.4 Å². The van der Waals surface area contributed by atoms with Gasteiger partial charge in [-0.25, -0.2) is 18.0 Å². The normalized spacial score (nSPS) is 10.8. The summed E-state index contributed by atoms with van der Waals surface area (Å²) in [6.45, 7) is 1.60. The van der Waals surface area contributed by atoms with E-state index in [1.165, 1.54) is 43.6 Å². The van der Waals surface area contributed by atoms with E-state index in [0.29, 0.717) is 5.75 Å². The van der Waals surface area contributed by atoms with E-state index in [4.69, 9.17) is 9.47 Å². The molecule has 0 amide bonds. The van der Waals surface area contributed by atoms with Gasteiger partial charge in [-0.2, -0.15) is 0 Å². The Morgan fingerprint density at radius 2 is 1.88 bits per heavy atom. The molecule has 0 atom stereocenters. The van der Waals surface area contributed by atoms with Crippen LogP contribution in [0.2, 0.25) is 0 Å². The zero-order chi connectivity index (χ0) is 19.2. The average molecular weight is 382 g/mol. The number of ether oxygens (including phenoxy) is 3. The Morgan fingerprint density at radius 3 is 2.50 bits per heavy atom. The Labute approximate surface area is 150 Å². The second-order valence-corrected chi connectivity index (χ2v) is 6.65. The molecule has 0 spiro atoms. The van der Waals surface area contributed by atoms with E-state index in [0.717, 1.165) is 0 Å². The van der Waals surface area contributed by atoms with Crippen molar-refractivity contribution in [3.05, 3.63) is 42.2 Å². The van der Waals surface area contributed by atoms with E-state index in [1.54, 1.807) is 6.92 Å². The lowest BCUT2D eigenvalue weighted by molar-refractivity contribution is -0.142. The SMILES string of the molecule is CCOC(=O)c1cc(NS(=O)(=O)c2ccc(OCC(=O)OC)cc2)c[nH]1. The summed E-state index contributed by atoms with van der Waals surface area (Å²) in [5.41, 5.74) is 0.329. The lowest BCUT2D eigenvalue weighted by atomic mass is 10.3. The second-order valence-electron chi connectivity index (χ2n) is 4.96. The molecule has 1 aromatic heterocycles. The molecule has 0 saturated carbocycles. The third-order valence-electron chi connectivity index (χ3n) is 3.15. The van der Waals surface area contributed by atoms with E-state index >= 15 is 0 Å². The molecule has 0 saturated heterocycles. The number of rotatable bonds is 8. The number of H-pyrrole nitrogens is 1. The van der Waals surface area contributed by atoms with Gasteiger partial charge in [0.1, 0.15) is 11.4 Å². The van der Waals surface area contributed by atoms with Gasteiger partial charge in [-0.15, -0.1) is 0 Å². The van der Waals surface area contributed by atoms with Gasteiger partial charge in [-0.05, 0) is 37.3 Å². The number of methoxy groups -OCH3 is 1. The van der Waals surface area contributed by atoms with Crippen LogP contribution < -0.4 is 9.46 Å². The van der Waals surface area contributed by atoms with Gasteiger partial charge in [0, 0.05) is 6.20 Å². The van der Waals surface area contributed by atoms with Crippen molar-refractivity contribution in [3.63, 3.8) is 0 Å². The van der Waals surface area contributed by atoms with Crippen LogP contribution in [-0.2, 0) is 24.3 Å². The van der Waals surface area contributed by atoms with Crippen LogP contribution in [-0.4, -0.2) is 45.7 Å². The van der Waals surface area contributed by atoms with Gasteiger partial charge in [0.25, 0.3) is 10.0 Å². The minimum Gasteiger partial charge on any atom is -0.482 e. The fourth-order valence-electron chi connectivity index (χ4n) is 1.91. The number of hydrogen-bond acceptors (Lipinski definition) is 7. The summed E-state index contributed by atoms with van der Waals surface area (Å²) in [5.74, 6) is -0.807. The number of nitrogens with one attached hydrogen (secondary N) is 2. The minimum atomic E-state index is -3.86. The number of esters is 2. The van der Waals surface area contributed by atoms with E-state index in [1.807, 2.05) is 0 Å². The Hall–Kier alpha value is -3.01. The molecule has 2 aromatic rings. The summed E-state index contributed by atoms with van der Waals surface area (Å²) in [5, 5.41) is 0. The van der Waals surface area contributed by atoms with E-state index in [-0.39, 0.29) is 29.5 Å². The first-order valence-corrected chi connectivity index (χ1v) is 9.02. The number of aromatic nitrogens is 1. The van der Waals surface area contributed by atoms with E-state index in [9.17, 15) is 18.0 Å². The largest absolute Gasteiger partial charge is 0.482 e. The highest BCUT2D eigenvalue weighted by atomic mass is 32.2. The maximum Gasteiger partial charge on any atom is 0.354 e. The van der Waals surface area contributed by atoms with Crippen LogP contribution in [0, 0.1) is 0 Å². The molecule has 0 aliphatic carbocycles. The molecule has 10 heteroatoms.